The van der Waals surface area contributed by atoms with Gasteiger partial charge in [0.05, 0.1) is 10.0 Å². The molecule has 0 aliphatic carbocycles. The van der Waals surface area contributed by atoms with E-state index in [-0.39, 0.29) is 19.0 Å². The lowest BCUT2D eigenvalue weighted by Gasteiger charge is -2.10. The van der Waals surface area contributed by atoms with Crippen LogP contribution in [0.15, 0.2) is 36.4 Å². The van der Waals surface area contributed by atoms with Crippen LogP contribution in [0.3, 0.4) is 0 Å². The highest BCUT2D eigenvalue weighted by Gasteiger charge is 2.08. The Morgan fingerprint density at radius 1 is 1.11 bits per heavy atom. The van der Waals surface area contributed by atoms with Crippen LogP contribution >= 0.6 is 23.2 Å². The van der Waals surface area contributed by atoms with Crippen molar-refractivity contribution in [3.8, 4) is 5.75 Å². The van der Waals surface area contributed by atoms with E-state index in [9.17, 15) is 4.39 Å². The predicted octanol–water partition coefficient (Wildman–Crippen LogP) is 4.17. The fourth-order valence-electron chi connectivity index (χ4n) is 1.65. The van der Waals surface area contributed by atoms with Crippen LogP contribution in [0.5, 0.6) is 5.75 Å². The number of para-hydroxylation sites is 1. The van der Waals surface area contributed by atoms with E-state index in [1.807, 2.05) is 0 Å². The number of ether oxygens (including phenoxy) is 1. The second-order valence-electron chi connectivity index (χ2n) is 3.97. The van der Waals surface area contributed by atoms with Crippen molar-refractivity contribution in [3.05, 3.63) is 63.4 Å². The van der Waals surface area contributed by atoms with Gasteiger partial charge in [0.1, 0.15) is 12.4 Å². The van der Waals surface area contributed by atoms with Gasteiger partial charge in [0.2, 0.25) is 0 Å². The third-order valence-corrected chi connectivity index (χ3v) is 3.23. The molecule has 0 fully saturated rings. The quantitative estimate of drug-likeness (QED) is 0.919. The molecule has 2 aromatic rings. The number of rotatable bonds is 4. The molecule has 0 aliphatic heterocycles. The molecule has 0 unspecified atom stereocenters. The van der Waals surface area contributed by atoms with E-state index in [4.69, 9.17) is 33.7 Å². The maximum absolute atomic E-state index is 13.3. The van der Waals surface area contributed by atoms with Crippen LogP contribution in [0.4, 0.5) is 4.39 Å². The van der Waals surface area contributed by atoms with Gasteiger partial charge in [0, 0.05) is 12.1 Å². The highest BCUT2D eigenvalue weighted by molar-refractivity contribution is 6.37. The van der Waals surface area contributed by atoms with Crippen molar-refractivity contribution in [1.82, 2.24) is 0 Å². The fraction of sp³-hybridized carbons (Fsp3) is 0.143. The first-order chi connectivity index (χ1) is 9.11. The van der Waals surface area contributed by atoms with Crippen LogP contribution < -0.4 is 10.5 Å². The SMILES string of the molecule is NCc1cc(COc2c(Cl)cccc2Cl)ccc1F. The van der Waals surface area contributed by atoms with Gasteiger partial charge < -0.3 is 10.5 Å². The van der Waals surface area contributed by atoms with Crippen molar-refractivity contribution in [2.75, 3.05) is 0 Å². The third-order valence-electron chi connectivity index (χ3n) is 2.63. The van der Waals surface area contributed by atoms with Gasteiger partial charge >= 0.3 is 0 Å². The molecule has 0 aliphatic rings. The first-order valence-electron chi connectivity index (χ1n) is 5.66. The molecule has 0 atom stereocenters. The van der Waals surface area contributed by atoms with Crippen LogP contribution in [-0.2, 0) is 13.2 Å². The monoisotopic (exact) mass is 299 g/mol. The van der Waals surface area contributed by atoms with Gasteiger partial charge in [0.25, 0.3) is 0 Å². The molecule has 2 N–H and O–H groups in total. The smallest absolute Gasteiger partial charge is 0.156 e. The molecule has 2 rings (SSSR count). The van der Waals surface area contributed by atoms with Crippen LogP contribution in [0, 0.1) is 5.82 Å². The molecule has 0 saturated heterocycles. The van der Waals surface area contributed by atoms with Crippen LogP contribution in [-0.4, -0.2) is 0 Å². The summed E-state index contributed by atoms with van der Waals surface area (Å²) < 4.78 is 18.9. The van der Waals surface area contributed by atoms with Crippen molar-refractivity contribution in [2.45, 2.75) is 13.2 Å². The average molecular weight is 300 g/mol. The molecule has 0 aromatic heterocycles. The molecule has 0 heterocycles. The van der Waals surface area contributed by atoms with E-state index < -0.39 is 0 Å². The molecule has 19 heavy (non-hydrogen) atoms. The lowest BCUT2D eigenvalue weighted by molar-refractivity contribution is 0.306. The first kappa shape index (κ1) is 14.1. The minimum Gasteiger partial charge on any atom is -0.486 e. The van der Waals surface area contributed by atoms with Gasteiger partial charge in [-0.25, -0.2) is 4.39 Å². The molecule has 2 aromatic carbocycles. The summed E-state index contributed by atoms with van der Waals surface area (Å²) in [4.78, 5) is 0. The van der Waals surface area contributed by atoms with Gasteiger partial charge in [-0.3, -0.25) is 0 Å². The zero-order valence-corrected chi connectivity index (χ0v) is 11.5. The normalized spacial score (nSPS) is 10.5. The van der Waals surface area contributed by atoms with E-state index in [1.54, 1.807) is 30.3 Å². The van der Waals surface area contributed by atoms with Gasteiger partial charge in [-0.1, -0.05) is 35.3 Å². The van der Waals surface area contributed by atoms with Crippen molar-refractivity contribution in [1.29, 1.82) is 0 Å². The molecule has 0 radical (unpaired) electrons. The summed E-state index contributed by atoms with van der Waals surface area (Å²) >= 11 is 12.0. The van der Waals surface area contributed by atoms with E-state index >= 15 is 0 Å². The van der Waals surface area contributed by atoms with E-state index in [0.29, 0.717) is 21.4 Å². The van der Waals surface area contributed by atoms with Crippen molar-refractivity contribution < 1.29 is 9.13 Å². The number of halogens is 3. The largest absolute Gasteiger partial charge is 0.486 e. The van der Waals surface area contributed by atoms with Crippen LogP contribution in [0.2, 0.25) is 10.0 Å². The van der Waals surface area contributed by atoms with E-state index in [1.165, 1.54) is 6.07 Å². The number of hydrogen-bond acceptors (Lipinski definition) is 2. The molecule has 0 spiro atoms. The van der Waals surface area contributed by atoms with Crippen molar-refractivity contribution >= 4 is 23.2 Å². The van der Waals surface area contributed by atoms with E-state index in [2.05, 4.69) is 0 Å². The Balaban J connectivity index is 2.15. The van der Waals surface area contributed by atoms with Gasteiger partial charge in [-0.2, -0.15) is 0 Å². The second-order valence-corrected chi connectivity index (χ2v) is 4.78. The fourth-order valence-corrected chi connectivity index (χ4v) is 2.16. The molecule has 0 bridgehead atoms. The lowest BCUT2D eigenvalue weighted by Crippen LogP contribution is -2.03. The highest BCUT2D eigenvalue weighted by Crippen LogP contribution is 2.32. The maximum Gasteiger partial charge on any atom is 0.156 e. The van der Waals surface area contributed by atoms with Gasteiger partial charge in [-0.05, 0) is 29.8 Å². The molecular weight excluding hydrogens is 288 g/mol. The zero-order chi connectivity index (χ0) is 13.8. The molecule has 5 heteroatoms. The Morgan fingerprint density at radius 3 is 2.42 bits per heavy atom. The maximum atomic E-state index is 13.3. The molecule has 2 nitrogen and oxygen atoms in total. The summed E-state index contributed by atoms with van der Waals surface area (Å²) in [5.41, 5.74) is 6.71. The Hall–Kier alpha value is -1.29. The Morgan fingerprint density at radius 2 is 1.79 bits per heavy atom. The van der Waals surface area contributed by atoms with Crippen LogP contribution in [0.1, 0.15) is 11.1 Å². The number of nitrogens with two attached hydrogens (primary N) is 1. The van der Waals surface area contributed by atoms with E-state index in [0.717, 1.165) is 5.56 Å². The van der Waals surface area contributed by atoms with Crippen LogP contribution in [0.25, 0.3) is 0 Å². The molecule has 0 amide bonds. The summed E-state index contributed by atoms with van der Waals surface area (Å²) in [5.74, 6) is 0.103. The Bertz CT molecular complexity index is 569. The lowest BCUT2D eigenvalue weighted by atomic mass is 10.1. The molecule has 0 saturated carbocycles. The molecule has 100 valence electrons. The Kier molecular flexibility index (Phi) is 4.64. The summed E-state index contributed by atoms with van der Waals surface area (Å²) in [6.45, 7) is 0.392. The average Bonchev–Trinajstić information content (AvgIpc) is 2.40. The highest BCUT2D eigenvalue weighted by atomic mass is 35.5. The first-order valence-corrected chi connectivity index (χ1v) is 6.41. The predicted molar refractivity (Wildman–Crippen MR) is 75.1 cm³/mol. The summed E-state index contributed by atoms with van der Waals surface area (Å²) in [6.07, 6.45) is 0. The topological polar surface area (TPSA) is 35.2 Å². The minimum absolute atomic E-state index is 0.145. The summed E-state index contributed by atoms with van der Waals surface area (Å²) in [5, 5.41) is 0.877. The zero-order valence-electron chi connectivity index (χ0n) is 10.00. The number of hydrogen-bond donors (Lipinski definition) is 1. The molecular formula is C14H12Cl2FNO. The van der Waals surface area contributed by atoms with Crippen molar-refractivity contribution in [3.63, 3.8) is 0 Å². The third kappa shape index (κ3) is 3.38. The second kappa shape index (κ2) is 6.24. The summed E-state index contributed by atoms with van der Waals surface area (Å²) in [7, 11) is 0. The minimum atomic E-state index is -0.318. The summed E-state index contributed by atoms with van der Waals surface area (Å²) in [6, 6.07) is 9.80. The van der Waals surface area contributed by atoms with Crippen molar-refractivity contribution in [2.24, 2.45) is 5.73 Å². The Labute approximate surface area is 120 Å². The standard InChI is InChI=1S/C14H12Cl2FNO/c15-11-2-1-3-12(16)14(11)19-8-9-4-5-13(17)10(6-9)7-18/h1-6H,7-8,18H2. The van der Waals surface area contributed by atoms with Gasteiger partial charge in [0.15, 0.2) is 5.75 Å². The van der Waals surface area contributed by atoms with Gasteiger partial charge in [-0.15, -0.1) is 0 Å². The number of benzene rings is 2.